The Bertz CT molecular complexity index is 1080. The molecular formula is C25H29N3O5. The molecule has 8 nitrogen and oxygen atoms in total. The fourth-order valence-corrected chi connectivity index (χ4v) is 4.12. The lowest BCUT2D eigenvalue weighted by Gasteiger charge is -2.35. The number of hydrogen-bond donors (Lipinski definition) is 1. The third-order valence-corrected chi connectivity index (χ3v) is 5.87. The molecule has 33 heavy (non-hydrogen) atoms. The van der Waals surface area contributed by atoms with Crippen molar-refractivity contribution in [1.29, 1.82) is 0 Å². The lowest BCUT2D eigenvalue weighted by molar-refractivity contribution is 0.0162. The first-order chi connectivity index (χ1) is 16.1. The molecule has 1 unspecified atom stereocenters. The van der Waals surface area contributed by atoms with Crippen LogP contribution in [0.1, 0.15) is 27.7 Å². The molecule has 0 bridgehead atoms. The van der Waals surface area contributed by atoms with Gasteiger partial charge >= 0.3 is 0 Å². The molecule has 174 valence electrons. The Morgan fingerprint density at radius 1 is 1.09 bits per heavy atom. The molecule has 0 radical (unpaired) electrons. The second-order valence-corrected chi connectivity index (χ2v) is 7.82. The quantitative estimate of drug-likeness (QED) is 0.561. The SMILES string of the molecule is COc1ccc(C(CNC(=O)c2c(-c3ccccc3)noc2C)N2CCOCC2)cc1OC. The molecule has 8 heteroatoms. The van der Waals surface area contributed by atoms with E-state index in [1.54, 1.807) is 21.1 Å². The monoisotopic (exact) mass is 451 g/mol. The highest BCUT2D eigenvalue weighted by molar-refractivity contribution is 6.00. The minimum absolute atomic E-state index is 0.0574. The predicted molar refractivity (Wildman–Crippen MR) is 124 cm³/mol. The molecule has 0 spiro atoms. The van der Waals surface area contributed by atoms with Gasteiger partial charge in [0.05, 0.1) is 33.5 Å². The summed E-state index contributed by atoms with van der Waals surface area (Å²) < 4.78 is 21.8. The van der Waals surface area contributed by atoms with Gasteiger partial charge in [-0.15, -0.1) is 0 Å². The molecule has 1 fully saturated rings. The van der Waals surface area contributed by atoms with Gasteiger partial charge in [0.15, 0.2) is 11.5 Å². The minimum Gasteiger partial charge on any atom is -0.493 e. The number of ether oxygens (including phenoxy) is 3. The van der Waals surface area contributed by atoms with Crippen LogP contribution in [0.4, 0.5) is 0 Å². The van der Waals surface area contributed by atoms with Gasteiger partial charge in [-0.1, -0.05) is 41.6 Å². The number of methoxy groups -OCH3 is 2. The molecule has 0 aliphatic carbocycles. The highest BCUT2D eigenvalue weighted by Gasteiger charge is 2.27. The summed E-state index contributed by atoms with van der Waals surface area (Å²) in [7, 11) is 3.23. The number of carbonyl (C=O) groups is 1. The molecule has 1 aromatic heterocycles. The Morgan fingerprint density at radius 3 is 2.52 bits per heavy atom. The number of carbonyl (C=O) groups excluding carboxylic acids is 1. The normalized spacial score (nSPS) is 15.1. The minimum atomic E-state index is -0.216. The van der Waals surface area contributed by atoms with Crippen LogP contribution >= 0.6 is 0 Å². The summed E-state index contributed by atoms with van der Waals surface area (Å²) in [6, 6.07) is 15.4. The fourth-order valence-electron chi connectivity index (χ4n) is 4.12. The van der Waals surface area contributed by atoms with E-state index >= 15 is 0 Å². The second-order valence-electron chi connectivity index (χ2n) is 7.82. The van der Waals surface area contributed by atoms with Crippen LogP contribution < -0.4 is 14.8 Å². The van der Waals surface area contributed by atoms with Crippen molar-refractivity contribution in [3.05, 3.63) is 65.4 Å². The average molecular weight is 452 g/mol. The van der Waals surface area contributed by atoms with Crippen molar-refractivity contribution in [1.82, 2.24) is 15.4 Å². The van der Waals surface area contributed by atoms with Crippen molar-refractivity contribution in [2.24, 2.45) is 0 Å². The van der Waals surface area contributed by atoms with E-state index < -0.39 is 0 Å². The lowest BCUT2D eigenvalue weighted by Crippen LogP contribution is -2.43. The van der Waals surface area contributed by atoms with Crippen LogP contribution in [0.25, 0.3) is 11.3 Å². The van der Waals surface area contributed by atoms with E-state index in [1.807, 2.05) is 48.5 Å². The maximum atomic E-state index is 13.3. The van der Waals surface area contributed by atoms with E-state index in [0.717, 1.165) is 24.2 Å². The smallest absolute Gasteiger partial charge is 0.257 e. The van der Waals surface area contributed by atoms with Crippen molar-refractivity contribution in [2.45, 2.75) is 13.0 Å². The number of aromatic nitrogens is 1. The van der Waals surface area contributed by atoms with Gasteiger partial charge in [-0.05, 0) is 24.6 Å². The van der Waals surface area contributed by atoms with E-state index in [-0.39, 0.29) is 11.9 Å². The first kappa shape index (κ1) is 22.8. The molecule has 1 atom stereocenters. The predicted octanol–water partition coefficient (Wildman–Crippen LogP) is 3.47. The zero-order valence-corrected chi connectivity index (χ0v) is 19.2. The van der Waals surface area contributed by atoms with E-state index in [1.165, 1.54) is 0 Å². The number of morpholine rings is 1. The molecule has 3 aromatic rings. The topological polar surface area (TPSA) is 86.1 Å². The van der Waals surface area contributed by atoms with Crippen molar-refractivity contribution < 1.29 is 23.5 Å². The summed E-state index contributed by atoms with van der Waals surface area (Å²) >= 11 is 0. The third-order valence-electron chi connectivity index (χ3n) is 5.87. The molecule has 2 aromatic carbocycles. The third kappa shape index (κ3) is 5.02. The van der Waals surface area contributed by atoms with Crippen LogP contribution in [-0.2, 0) is 4.74 Å². The zero-order chi connectivity index (χ0) is 23.2. The maximum absolute atomic E-state index is 13.3. The van der Waals surface area contributed by atoms with Crippen molar-refractivity contribution in [3.8, 4) is 22.8 Å². The zero-order valence-electron chi connectivity index (χ0n) is 19.2. The van der Waals surface area contributed by atoms with Crippen molar-refractivity contribution in [3.63, 3.8) is 0 Å². The summed E-state index contributed by atoms with van der Waals surface area (Å²) in [5.41, 5.74) is 2.86. The molecule has 4 rings (SSSR count). The van der Waals surface area contributed by atoms with E-state index in [2.05, 4.69) is 15.4 Å². The first-order valence-corrected chi connectivity index (χ1v) is 11.0. The molecule has 1 aliphatic rings. The fraction of sp³-hybridized carbons (Fsp3) is 0.360. The second kappa shape index (κ2) is 10.5. The van der Waals surface area contributed by atoms with Gasteiger partial charge in [-0.25, -0.2) is 0 Å². The van der Waals surface area contributed by atoms with Crippen LogP contribution in [0.2, 0.25) is 0 Å². The van der Waals surface area contributed by atoms with Crippen molar-refractivity contribution >= 4 is 5.91 Å². The van der Waals surface area contributed by atoms with E-state index in [0.29, 0.717) is 48.3 Å². The lowest BCUT2D eigenvalue weighted by atomic mass is 10.0. The van der Waals surface area contributed by atoms with Gasteiger partial charge in [-0.3, -0.25) is 9.69 Å². The molecule has 2 heterocycles. The number of hydrogen-bond acceptors (Lipinski definition) is 7. The van der Waals surface area contributed by atoms with Crippen molar-refractivity contribution in [2.75, 3.05) is 47.1 Å². The molecular weight excluding hydrogens is 422 g/mol. The van der Waals surface area contributed by atoms with Crippen LogP contribution in [0.15, 0.2) is 53.1 Å². The highest BCUT2D eigenvalue weighted by Crippen LogP contribution is 2.32. The Hall–Kier alpha value is -3.36. The summed E-state index contributed by atoms with van der Waals surface area (Å²) in [5, 5.41) is 7.24. The summed E-state index contributed by atoms with van der Waals surface area (Å²) in [6.07, 6.45) is 0. The summed E-state index contributed by atoms with van der Waals surface area (Å²) in [4.78, 5) is 15.6. The highest BCUT2D eigenvalue weighted by atomic mass is 16.5. The number of nitrogens with one attached hydrogen (secondary N) is 1. The Labute approximate surface area is 193 Å². The van der Waals surface area contributed by atoms with E-state index in [4.69, 9.17) is 18.7 Å². The van der Waals surface area contributed by atoms with Crippen LogP contribution in [0.5, 0.6) is 11.5 Å². The number of benzene rings is 2. The largest absolute Gasteiger partial charge is 0.493 e. The Morgan fingerprint density at radius 2 is 1.82 bits per heavy atom. The number of rotatable bonds is 8. The molecule has 1 saturated heterocycles. The van der Waals surface area contributed by atoms with Crippen LogP contribution in [0, 0.1) is 6.92 Å². The van der Waals surface area contributed by atoms with Gasteiger partial charge in [0.1, 0.15) is 17.0 Å². The standard InChI is InChI=1S/C25H29N3O5/c1-17-23(24(27-33-17)18-7-5-4-6-8-18)25(29)26-16-20(28-11-13-32-14-12-28)19-9-10-21(30-2)22(15-19)31-3/h4-10,15,20H,11-14,16H2,1-3H3,(H,26,29). The summed E-state index contributed by atoms with van der Waals surface area (Å²) in [6.45, 7) is 5.02. The first-order valence-electron chi connectivity index (χ1n) is 11.0. The summed E-state index contributed by atoms with van der Waals surface area (Å²) in [5.74, 6) is 1.59. The van der Waals surface area contributed by atoms with Gasteiger partial charge in [-0.2, -0.15) is 0 Å². The van der Waals surface area contributed by atoms with E-state index in [9.17, 15) is 4.79 Å². The number of amides is 1. The maximum Gasteiger partial charge on any atom is 0.257 e. The molecule has 0 saturated carbocycles. The molecule has 1 N–H and O–H groups in total. The van der Waals surface area contributed by atoms with Gasteiger partial charge < -0.3 is 24.1 Å². The average Bonchev–Trinajstić information content (AvgIpc) is 3.26. The molecule has 1 aliphatic heterocycles. The van der Waals surface area contributed by atoms with Gasteiger partial charge in [0, 0.05) is 25.2 Å². The van der Waals surface area contributed by atoms with Gasteiger partial charge in [0.2, 0.25) is 0 Å². The number of aryl methyl sites for hydroxylation is 1. The number of nitrogens with zero attached hydrogens (tertiary/aromatic N) is 2. The molecule has 1 amide bonds. The van der Waals surface area contributed by atoms with Gasteiger partial charge in [0.25, 0.3) is 5.91 Å². The Balaban J connectivity index is 1.58. The van der Waals surface area contributed by atoms with Crippen LogP contribution in [0.3, 0.4) is 0 Å². The van der Waals surface area contributed by atoms with Crippen LogP contribution in [-0.4, -0.2) is 63.0 Å². The Kier molecular flexibility index (Phi) is 7.26.